The third kappa shape index (κ3) is 5.72. The van der Waals surface area contributed by atoms with Crippen molar-refractivity contribution in [1.82, 2.24) is 10.2 Å². The maximum atomic E-state index is 12.1. The molecule has 1 atom stereocenters. The highest BCUT2D eigenvalue weighted by molar-refractivity contribution is 6.30. The van der Waals surface area contributed by atoms with Crippen LogP contribution in [0.4, 0.5) is 0 Å². The zero-order valence-corrected chi connectivity index (χ0v) is 18.0. The second-order valence-electron chi connectivity index (χ2n) is 8.35. The molecule has 4 rings (SSSR count). The summed E-state index contributed by atoms with van der Waals surface area (Å²) in [7, 11) is 0. The third-order valence-corrected chi connectivity index (χ3v) is 6.41. The average molecular weight is 425 g/mol. The fourth-order valence-electron chi connectivity index (χ4n) is 4.39. The number of hydrogen-bond acceptors (Lipinski definition) is 3. The number of piperidine rings is 1. The zero-order valence-electron chi connectivity index (χ0n) is 17.2. The Bertz CT molecular complexity index is 858. The molecule has 2 fully saturated rings. The summed E-state index contributed by atoms with van der Waals surface area (Å²) in [5.74, 6) is -0.0906. The molecule has 1 spiro atoms. The molecular weight excluding hydrogens is 396 g/mol. The van der Waals surface area contributed by atoms with Gasteiger partial charge in [-0.2, -0.15) is 0 Å². The van der Waals surface area contributed by atoms with Gasteiger partial charge in [-0.05, 0) is 55.0 Å². The molecule has 2 aromatic rings. The molecule has 0 aliphatic carbocycles. The lowest BCUT2D eigenvalue weighted by Gasteiger charge is -2.39. The summed E-state index contributed by atoms with van der Waals surface area (Å²) in [6.07, 6.45) is 7.72. The largest absolute Gasteiger partial charge is 0.370 e. The van der Waals surface area contributed by atoms with Crippen LogP contribution in [0.1, 0.15) is 36.8 Å². The smallest absolute Gasteiger partial charge is 0.244 e. The van der Waals surface area contributed by atoms with Crippen LogP contribution in [0, 0.1) is 0 Å². The second kappa shape index (κ2) is 9.78. The lowest BCUT2D eigenvalue weighted by Crippen LogP contribution is -2.44. The van der Waals surface area contributed by atoms with E-state index in [1.54, 1.807) is 12.2 Å². The first-order chi connectivity index (χ1) is 14.6. The Morgan fingerprint density at radius 3 is 2.57 bits per heavy atom. The van der Waals surface area contributed by atoms with Crippen molar-refractivity contribution in [3.8, 4) is 0 Å². The molecule has 158 valence electrons. The lowest BCUT2D eigenvalue weighted by atomic mass is 9.88. The molecule has 2 aliphatic heterocycles. The van der Waals surface area contributed by atoms with Crippen molar-refractivity contribution in [2.75, 3.05) is 19.6 Å². The number of ether oxygens (including phenoxy) is 1. The van der Waals surface area contributed by atoms with Gasteiger partial charge in [0.15, 0.2) is 0 Å². The van der Waals surface area contributed by atoms with E-state index in [-0.39, 0.29) is 17.6 Å². The number of hydrogen-bond donors (Lipinski definition) is 1. The van der Waals surface area contributed by atoms with Gasteiger partial charge in [0.25, 0.3) is 0 Å². The highest BCUT2D eigenvalue weighted by Gasteiger charge is 2.42. The fourth-order valence-corrected chi connectivity index (χ4v) is 4.51. The molecule has 2 aromatic carbocycles. The van der Waals surface area contributed by atoms with Gasteiger partial charge >= 0.3 is 0 Å². The summed E-state index contributed by atoms with van der Waals surface area (Å²) in [6.45, 7) is 3.71. The Morgan fingerprint density at radius 2 is 1.83 bits per heavy atom. The highest BCUT2D eigenvalue weighted by Crippen LogP contribution is 2.39. The highest BCUT2D eigenvalue weighted by atomic mass is 35.5. The minimum absolute atomic E-state index is 0.00171. The van der Waals surface area contributed by atoms with Gasteiger partial charge in [0.2, 0.25) is 5.91 Å². The number of benzene rings is 2. The predicted octanol–water partition coefficient (Wildman–Crippen LogP) is 4.68. The average Bonchev–Trinajstić information content (AvgIpc) is 3.17. The van der Waals surface area contributed by atoms with Crippen LogP contribution in [0.2, 0.25) is 5.02 Å². The van der Waals surface area contributed by atoms with Gasteiger partial charge < -0.3 is 10.1 Å². The normalized spacial score (nSPS) is 21.3. The zero-order chi connectivity index (χ0) is 20.8. The Balaban J connectivity index is 1.19. The molecule has 1 amide bonds. The van der Waals surface area contributed by atoms with Gasteiger partial charge in [-0.25, -0.2) is 0 Å². The van der Waals surface area contributed by atoms with Crippen LogP contribution in [0.3, 0.4) is 0 Å². The number of likely N-dealkylation sites (tertiary alicyclic amines) is 1. The summed E-state index contributed by atoms with van der Waals surface area (Å²) in [5.41, 5.74) is 2.32. The molecular formula is C25H29ClN2O2. The van der Waals surface area contributed by atoms with E-state index < -0.39 is 0 Å². The van der Waals surface area contributed by atoms with E-state index in [0.717, 1.165) is 50.9 Å². The molecule has 0 radical (unpaired) electrons. The molecule has 0 aromatic heterocycles. The summed E-state index contributed by atoms with van der Waals surface area (Å²) < 4.78 is 6.43. The Morgan fingerprint density at radius 1 is 1.10 bits per heavy atom. The van der Waals surface area contributed by atoms with Gasteiger partial charge in [0.1, 0.15) is 0 Å². The van der Waals surface area contributed by atoms with E-state index in [4.69, 9.17) is 16.3 Å². The van der Waals surface area contributed by atoms with Gasteiger partial charge in [0.05, 0.1) is 11.7 Å². The maximum Gasteiger partial charge on any atom is 0.244 e. The first-order valence-corrected chi connectivity index (χ1v) is 11.1. The Labute approximate surface area is 183 Å². The van der Waals surface area contributed by atoms with Crippen molar-refractivity contribution < 1.29 is 9.53 Å². The molecule has 4 nitrogen and oxygen atoms in total. The van der Waals surface area contributed by atoms with Crippen molar-refractivity contribution >= 4 is 23.6 Å². The molecule has 0 saturated carbocycles. The van der Waals surface area contributed by atoms with Crippen LogP contribution in [0.5, 0.6) is 0 Å². The standard InChI is InChI=1S/C25H29ClN2O2/c26-22-9-6-20(7-10-22)8-11-24(29)27-18-23-12-13-25(30-23)14-16-28(17-15-25)19-21-4-2-1-3-5-21/h1-11,23H,12-19H2,(H,27,29)/b11-8+. The van der Waals surface area contributed by atoms with E-state index in [1.807, 2.05) is 24.3 Å². The van der Waals surface area contributed by atoms with E-state index in [2.05, 4.69) is 40.5 Å². The van der Waals surface area contributed by atoms with Crippen LogP contribution in [0.25, 0.3) is 6.08 Å². The van der Waals surface area contributed by atoms with Crippen LogP contribution in [-0.4, -0.2) is 42.1 Å². The first-order valence-electron chi connectivity index (χ1n) is 10.8. The number of amides is 1. The number of nitrogens with zero attached hydrogens (tertiary/aromatic N) is 1. The number of rotatable bonds is 6. The van der Waals surface area contributed by atoms with Gasteiger partial charge in [-0.3, -0.25) is 9.69 Å². The van der Waals surface area contributed by atoms with Crippen molar-refractivity contribution in [2.24, 2.45) is 0 Å². The van der Waals surface area contributed by atoms with Crippen molar-refractivity contribution in [3.63, 3.8) is 0 Å². The summed E-state index contributed by atoms with van der Waals surface area (Å²) >= 11 is 5.88. The van der Waals surface area contributed by atoms with E-state index >= 15 is 0 Å². The van der Waals surface area contributed by atoms with Crippen molar-refractivity contribution in [3.05, 3.63) is 76.8 Å². The number of halogens is 1. The van der Waals surface area contributed by atoms with E-state index in [1.165, 1.54) is 5.56 Å². The minimum atomic E-state index is -0.0906. The minimum Gasteiger partial charge on any atom is -0.370 e. The molecule has 1 unspecified atom stereocenters. The monoisotopic (exact) mass is 424 g/mol. The molecule has 2 aliphatic rings. The number of carbonyl (C=O) groups is 1. The van der Waals surface area contributed by atoms with E-state index in [0.29, 0.717) is 11.6 Å². The molecule has 30 heavy (non-hydrogen) atoms. The SMILES string of the molecule is O=C(/C=C/c1ccc(Cl)cc1)NCC1CCC2(CCN(Cc3ccccc3)CC2)O1. The Hall–Kier alpha value is -2.14. The topological polar surface area (TPSA) is 41.6 Å². The van der Waals surface area contributed by atoms with Crippen LogP contribution in [-0.2, 0) is 16.1 Å². The fraction of sp³-hybridized carbons (Fsp3) is 0.400. The summed E-state index contributed by atoms with van der Waals surface area (Å²) in [5, 5.41) is 3.67. The van der Waals surface area contributed by atoms with Crippen molar-refractivity contribution in [1.29, 1.82) is 0 Å². The van der Waals surface area contributed by atoms with Crippen LogP contribution >= 0.6 is 11.6 Å². The first kappa shape index (κ1) is 21.1. The second-order valence-corrected chi connectivity index (χ2v) is 8.79. The molecule has 0 bridgehead atoms. The Kier molecular flexibility index (Phi) is 6.88. The van der Waals surface area contributed by atoms with Crippen LogP contribution in [0.15, 0.2) is 60.7 Å². The van der Waals surface area contributed by atoms with Crippen LogP contribution < -0.4 is 5.32 Å². The van der Waals surface area contributed by atoms with E-state index in [9.17, 15) is 4.79 Å². The molecule has 2 saturated heterocycles. The lowest BCUT2D eigenvalue weighted by molar-refractivity contribution is -0.118. The predicted molar refractivity (Wildman–Crippen MR) is 121 cm³/mol. The number of nitrogens with one attached hydrogen (secondary N) is 1. The number of carbonyl (C=O) groups excluding carboxylic acids is 1. The molecule has 1 N–H and O–H groups in total. The third-order valence-electron chi connectivity index (χ3n) is 6.16. The quantitative estimate of drug-likeness (QED) is 0.684. The summed E-state index contributed by atoms with van der Waals surface area (Å²) in [6, 6.07) is 18.1. The van der Waals surface area contributed by atoms with Gasteiger partial charge in [-0.15, -0.1) is 0 Å². The summed E-state index contributed by atoms with van der Waals surface area (Å²) in [4.78, 5) is 14.7. The molecule has 2 heterocycles. The van der Waals surface area contributed by atoms with Gasteiger partial charge in [0, 0.05) is 37.3 Å². The van der Waals surface area contributed by atoms with Crippen molar-refractivity contribution in [2.45, 2.75) is 43.9 Å². The van der Waals surface area contributed by atoms with Gasteiger partial charge in [-0.1, -0.05) is 54.1 Å². The maximum absolute atomic E-state index is 12.1. The molecule has 5 heteroatoms.